The number of nitrogens with one attached hydrogen (secondary N) is 1. The van der Waals surface area contributed by atoms with E-state index in [9.17, 15) is 18.4 Å². The van der Waals surface area contributed by atoms with E-state index in [2.05, 4.69) is 5.32 Å². The van der Waals surface area contributed by atoms with Gasteiger partial charge in [0.2, 0.25) is 0 Å². The molecule has 8 heteroatoms. The number of hydrogen-bond donors (Lipinski definition) is 1. The number of ether oxygens (including phenoxy) is 1. The molecule has 2 aromatic carbocycles. The topological polar surface area (TPSA) is 92.6 Å². The van der Waals surface area contributed by atoms with E-state index >= 15 is 0 Å². The largest absolute Gasteiger partial charge is 0.455 e. The average molecular weight is 436 g/mol. The minimum Gasteiger partial charge on any atom is -0.455 e. The van der Waals surface area contributed by atoms with Crippen molar-refractivity contribution in [2.45, 2.75) is 44.2 Å². The SMILES string of the molecule is N#CC(C#N)=C(C#N)Nc1cc(C(F)(F)F)ccc1Oc1ccc(C2CCCCC2)cc1. The zero-order valence-electron chi connectivity index (χ0n) is 17.0. The molecule has 1 saturated carbocycles. The molecule has 5 nitrogen and oxygen atoms in total. The van der Waals surface area contributed by atoms with Crippen molar-refractivity contribution in [1.82, 2.24) is 0 Å². The third-order valence-corrected chi connectivity index (χ3v) is 5.34. The summed E-state index contributed by atoms with van der Waals surface area (Å²) in [5, 5.41) is 29.7. The molecule has 0 unspecified atom stereocenters. The fraction of sp³-hybridized carbons (Fsp3) is 0.292. The molecule has 0 radical (unpaired) electrons. The molecule has 0 heterocycles. The summed E-state index contributed by atoms with van der Waals surface area (Å²) in [5.74, 6) is 0.932. The molecule has 0 amide bonds. The van der Waals surface area contributed by atoms with E-state index in [1.165, 1.54) is 24.8 Å². The molecule has 0 aliphatic heterocycles. The summed E-state index contributed by atoms with van der Waals surface area (Å²) >= 11 is 0. The first-order valence-electron chi connectivity index (χ1n) is 10.1. The standard InChI is InChI=1S/C24H19F3N4O/c25-24(26,27)19-8-11-23(21(12-19)31-22(15-30)18(13-28)14-29)32-20-9-6-17(7-10-20)16-4-2-1-3-5-16/h6-12,16,31H,1-5H2. The maximum atomic E-state index is 13.2. The van der Waals surface area contributed by atoms with Crippen molar-refractivity contribution in [2.24, 2.45) is 0 Å². The first-order chi connectivity index (χ1) is 15.4. The Morgan fingerprint density at radius 1 is 0.906 bits per heavy atom. The van der Waals surface area contributed by atoms with Gasteiger partial charge in [0.05, 0.1) is 11.3 Å². The molecule has 3 rings (SSSR count). The number of hydrogen-bond acceptors (Lipinski definition) is 5. The number of nitrogens with zero attached hydrogens (tertiary/aromatic N) is 3. The van der Waals surface area contributed by atoms with Crippen molar-refractivity contribution in [3.8, 4) is 29.7 Å². The maximum Gasteiger partial charge on any atom is 0.416 e. The molecule has 1 fully saturated rings. The van der Waals surface area contributed by atoms with Crippen molar-refractivity contribution in [3.63, 3.8) is 0 Å². The van der Waals surface area contributed by atoms with Crippen LogP contribution in [0.2, 0.25) is 0 Å². The van der Waals surface area contributed by atoms with Gasteiger partial charge in [-0.25, -0.2) is 0 Å². The van der Waals surface area contributed by atoms with E-state index < -0.39 is 23.0 Å². The van der Waals surface area contributed by atoms with E-state index in [0.717, 1.165) is 31.0 Å². The molecule has 162 valence electrons. The number of halogens is 3. The normalized spacial score (nSPS) is 13.9. The van der Waals surface area contributed by atoms with Crippen LogP contribution in [0, 0.1) is 34.0 Å². The molecule has 0 bridgehead atoms. The zero-order chi connectivity index (χ0) is 23.1. The Balaban J connectivity index is 1.92. The molecule has 1 aliphatic carbocycles. The number of rotatable bonds is 5. The highest BCUT2D eigenvalue weighted by Crippen LogP contribution is 2.38. The number of alkyl halides is 3. The minimum atomic E-state index is -4.62. The predicted octanol–water partition coefficient (Wildman–Crippen LogP) is 6.78. The van der Waals surface area contributed by atoms with E-state index in [4.69, 9.17) is 15.3 Å². The van der Waals surface area contributed by atoms with Crippen LogP contribution in [-0.2, 0) is 6.18 Å². The predicted molar refractivity (Wildman–Crippen MR) is 111 cm³/mol. The van der Waals surface area contributed by atoms with Gasteiger partial charge in [0, 0.05) is 0 Å². The lowest BCUT2D eigenvalue weighted by Crippen LogP contribution is -2.08. The number of nitriles is 3. The molecular formula is C24H19F3N4O. The maximum absolute atomic E-state index is 13.2. The van der Waals surface area contributed by atoms with Crippen molar-refractivity contribution >= 4 is 5.69 Å². The quantitative estimate of drug-likeness (QED) is 0.521. The Bertz CT molecular complexity index is 1110. The van der Waals surface area contributed by atoms with Crippen molar-refractivity contribution in [3.05, 3.63) is 64.9 Å². The minimum absolute atomic E-state index is 0.0198. The summed E-state index contributed by atoms with van der Waals surface area (Å²) < 4.78 is 45.4. The summed E-state index contributed by atoms with van der Waals surface area (Å²) in [6.07, 6.45) is 1.30. The van der Waals surface area contributed by atoms with Gasteiger partial charge in [-0.05, 0) is 54.7 Å². The van der Waals surface area contributed by atoms with Gasteiger partial charge in [-0.2, -0.15) is 29.0 Å². The Kier molecular flexibility index (Phi) is 7.03. The third-order valence-electron chi connectivity index (χ3n) is 5.34. The van der Waals surface area contributed by atoms with Crippen LogP contribution in [0.4, 0.5) is 18.9 Å². The summed E-state index contributed by atoms with van der Waals surface area (Å²) in [5.41, 5.74) is -0.965. The number of benzene rings is 2. The van der Waals surface area contributed by atoms with Crippen LogP contribution >= 0.6 is 0 Å². The molecule has 1 N–H and O–H groups in total. The lowest BCUT2D eigenvalue weighted by Gasteiger charge is -2.22. The molecule has 0 atom stereocenters. The van der Waals surface area contributed by atoms with Crippen LogP contribution in [0.1, 0.15) is 49.1 Å². The summed E-state index contributed by atoms with van der Waals surface area (Å²) in [6.45, 7) is 0. The Hall–Kier alpha value is -3.96. The first-order valence-corrected chi connectivity index (χ1v) is 10.1. The lowest BCUT2D eigenvalue weighted by atomic mass is 9.84. The third kappa shape index (κ3) is 5.39. The van der Waals surface area contributed by atoms with E-state index in [1.54, 1.807) is 30.3 Å². The molecule has 0 spiro atoms. The Morgan fingerprint density at radius 2 is 1.56 bits per heavy atom. The van der Waals surface area contributed by atoms with E-state index in [1.807, 2.05) is 12.1 Å². The van der Waals surface area contributed by atoms with Crippen LogP contribution < -0.4 is 10.1 Å². The zero-order valence-corrected chi connectivity index (χ0v) is 17.0. The van der Waals surface area contributed by atoms with Gasteiger partial charge in [0.25, 0.3) is 0 Å². The number of allylic oxidation sites excluding steroid dienone is 2. The highest BCUT2D eigenvalue weighted by atomic mass is 19.4. The van der Waals surface area contributed by atoms with Gasteiger partial charge >= 0.3 is 6.18 Å². The van der Waals surface area contributed by atoms with Crippen molar-refractivity contribution < 1.29 is 17.9 Å². The lowest BCUT2D eigenvalue weighted by molar-refractivity contribution is -0.137. The van der Waals surface area contributed by atoms with E-state index in [-0.39, 0.29) is 11.4 Å². The monoisotopic (exact) mass is 436 g/mol. The van der Waals surface area contributed by atoms with Gasteiger partial charge in [-0.3, -0.25) is 0 Å². The van der Waals surface area contributed by atoms with Crippen LogP contribution in [0.25, 0.3) is 0 Å². The average Bonchev–Trinajstić information content (AvgIpc) is 2.80. The molecule has 0 saturated heterocycles. The fourth-order valence-corrected chi connectivity index (χ4v) is 3.68. The van der Waals surface area contributed by atoms with Gasteiger partial charge in [-0.1, -0.05) is 31.4 Å². The molecule has 0 aromatic heterocycles. The highest BCUT2D eigenvalue weighted by molar-refractivity contribution is 5.66. The summed E-state index contributed by atoms with van der Waals surface area (Å²) in [6, 6.07) is 14.9. The van der Waals surface area contributed by atoms with Crippen molar-refractivity contribution in [1.29, 1.82) is 15.8 Å². The van der Waals surface area contributed by atoms with E-state index in [0.29, 0.717) is 11.7 Å². The highest BCUT2D eigenvalue weighted by Gasteiger charge is 2.31. The molecule has 1 aliphatic rings. The second-order valence-electron chi connectivity index (χ2n) is 7.43. The van der Waals surface area contributed by atoms with Gasteiger partial charge in [0.15, 0.2) is 11.3 Å². The Morgan fingerprint density at radius 3 is 2.12 bits per heavy atom. The van der Waals surface area contributed by atoms with Crippen LogP contribution in [0.15, 0.2) is 53.7 Å². The van der Waals surface area contributed by atoms with Crippen LogP contribution in [0.5, 0.6) is 11.5 Å². The van der Waals surface area contributed by atoms with Crippen molar-refractivity contribution in [2.75, 3.05) is 5.32 Å². The second kappa shape index (κ2) is 9.90. The Labute approximate surface area is 184 Å². The second-order valence-corrected chi connectivity index (χ2v) is 7.43. The van der Waals surface area contributed by atoms with Gasteiger partial charge < -0.3 is 10.1 Å². The fourth-order valence-electron chi connectivity index (χ4n) is 3.68. The smallest absolute Gasteiger partial charge is 0.416 e. The summed E-state index contributed by atoms with van der Waals surface area (Å²) in [7, 11) is 0. The van der Waals surface area contributed by atoms with Gasteiger partial charge in [0.1, 0.15) is 29.7 Å². The summed E-state index contributed by atoms with van der Waals surface area (Å²) in [4.78, 5) is 0. The first kappa shape index (κ1) is 22.7. The number of anilines is 1. The molecule has 32 heavy (non-hydrogen) atoms. The van der Waals surface area contributed by atoms with Crippen LogP contribution in [-0.4, -0.2) is 0 Å². The van der Waals surface area contributed by atoms with Crippen LogP contribution in [0.3, 0.4) is 0 Å². The van der Waals surface area contributed by atoms with Gasteiger partial charge in [-0.15, -0.1) is 0 Å². The molecule has 2 aromatic rings. The molecular weight excluding hydrogens is 417 g/mol.